The molecule has 2 nitrogen and oxygen atoms in total. The molecule has 3 aromatic carbocycles. The summed E-state index contributed by atoms with van der Waals surface area (Å²) in [5.41, 5.74) is 3.26. The van der Waals surface area contributed by atoms with Crippen LogP contribution in [-0.4, -0.2) is 5.72 Å². The van der Waals surface area contributed by atoms with Crippen molar-refractivity contribution in [3.05, 3.63) is 94.0 Å². The molecule has 1 atom stereocenters. The summed E-state index contributed by atoms with van der Waals surface area (Å²) >= 11 is 12.7. The minimum absolute atomic E-state index is 0.323. The van der Waals surface area contributed by atoms with Crippen LogP contribution >= 0.6 is 23.2 Å². The summed E-state index contributed by atoms with van der Waals surface area (Å²) in [7, 11) is 0. The van der Waals surface area contributed by atoms with Crippen LogP contribution in [0.2, 0.25) is 10.0 Å². The van der Waals surface area contributed by atoms with Gasteiger partial charge >= 0.3 is 0 Å². The number of halogens is 2. The zero-order valence-corrected chi connectivity index (χ0v) is 17.1. The number of anilines is 2. The first kappa shape index (κ1) is 17.7. The molecule has 5 rings (SSSR count). The molecular weight excluding hydrogens is 389 g/mol. The van der Waals surface area contributed by atoms with Crippen molar-refractivity contribution in [2.24, 2.45) is 0 Å². The lowest BCUT2D eigenvalue weighted by molar-refractivity contribution is 0.0631. The van der Waals surface area contributed by atoms with Gasteiger partial charge in [0.15, 0.2) is 0 Å². The van der Waals surface area contributed by atoms with Crippen molar-refractivity contribution in [2.45, 2.75) is 25.0 Å². The lowest BCUT2D eigenvalue weighted by atomic mass is 9.76. The second-order valence-corrected chi connectivity index (χ2v) is 8.59. The number of ether oxygens (including phenoxy) is 1. The van der Waals surface area contributed by atoms with Crippen LogP contribution in [0.15, 0.2) is 72.8 Å². The Balaban J connectivity index is 1.78. The van der Waals surface area contributed by atoms with E-state index in [9.17, 15) is 0 Å². The Morgan fingerprint density at radius 3 is 2.39 bits per heavy atom. The van der Waals surface area contributed by atoms with E-state index in [0.717, 1.165) is 16.9 Å². The van der Waals surface area contributed by atoms with E-state index in [4.69, 9.17) is 27.9 Å². The van der Waals surface area contributed by atoms with E-state index in [1.807, 2.05) is 24.3 Å². The third-order valence-corrected chi connectivity index (χ3v) is 6.34. The molecule has 0 bridgehead atoms. The van der Waals surface area contributed by atoms with E-state index in [0.29, 0.717) is 15.8 Å². The predicted octanol–water partition coefficient (Wildman–Crippen LogP) is 7.22. The first-order chi connectivity index (χ1) is 13.4. The molecule has 2 heterocycles. The summed E-state index contributed by atoms with van der Waals surface area (Å²) in [5.74, 6) is 0.662. The molecule has 0 amide bonds. The van der Waals surface area contributed by atoms with Crippen molar-refractivity contribution in [2.75, 3.05) is 4.90 Å². The molecule has 4 heteroatoms. The van der Waals surface area contributed by atoms with E-state index < -0.39 is 5.72 Å². The van der Waals surface area contributed by atoms with Gasteiger partial charge in [0.1, 0.15) is 5.75 Å². The number of rotatable bonds is 1. The van der Waals surface area contributed by atoms with Crippen LogP contribution in [0.1, 0.15) is 25.0 Å². The SMILES string of the molecule is CC1(C)c2ccccc2N(c2ccccc2)[C@@]12C=Cc1cc(Cl)cc(Cl)c1O2. The third kappa shape index (κ3) is 2.28. The molecule has 0 saturated carbocycles. The Hall–Kier alpha value is -2.42. The number of hydrogen-bond acceptors (Lipinski definition) is 2. The standard InChI is InChI=1S/C24H19Cl2NO/c1-23(2)19-10-6-7-11-21(19)27(18-8-4-3-5-9-18)24(23)13-12-16-14-17(25)15-20(26)22(16)28-24/h3-15H,1-2H3/t24-/m1/s1. The Bertz CT molecular complexity index is 1110. The van der Waals surface area contributed by atoms with Gasteiger partial charge in [-0.25, -0.2) is 0 Å². The summed E-state index contributed by atoms with van der Waals surface area (Å²) < 4.78 is 6.78. The van der Waals surface area contributed by atoms with Crippen LogP contribution < -0.4 is 9.64 Å². The van der Waals surface area contributed by atoms with E-state index in [-0.39, 0.29) is 5.41 Å². The van der Waals surface area contributed by atoms with Crippen molar-refractivity contribution >= 4 is 40.7 Å². The maximum absolute atomic E-state index is 6.78. The molecule has 3 aromatic rings. The van der Waals surface area contributed by atoms with Gasteiger partial charge in [0.25, 0.3) is 0 Å². The summed E-state index contributed by atoms with van der Waals surface area (Å²) in [6, 6.07) is 22.4. The summed E-state index contributed by atoms with van der Waals surface area (Å²) in [6.07, 6.45) is 4.20. The number of fused-ring (bicyclic) bond motifs is 2. The second-order valence-electron chi connectivity index (χ2n) is 7.75. The summed E-state index contributed by atoms with van der Waals surface area (Å²) in [6.45, 7) is 4.43. The molecule has 2 aliphatic heterocycles. The Labute approximate surface area is 175 Å². The van der Waals surface area contributed by atoms with Crippen LogP contribution in [0.25, 0.3) is 6.08 Å². The molecule has 0 N–H and O–H groups in total. The average molecular weight is 408 g/mol. The molecule has 2 aliphatic rings. The molecule has 1 spiro atoms. The molecule has 0 aliphatic carbocycles. The van der Waals surface area contributed by atoms with Crippen LogP contribution in [0.5, 0.6) is 5.75 Å². The first-order valence-electron chi connectivity index (χ1n) is 9.26. The van der Waals surface area contributed by atoms with Crippen LogP contribution in [0, 0.1) is 0 Å². The highest BCUT2D eigenvalue weighted by atomic mass is 35.5. The van der Waals surface area contributed by atoms with Crippen molar-refractivity contribution in [1.82, 2.24) is 0 Å². The molecule has 0 saturated heterocycles. The zero-order chi connectivity index (χ0) is 19.5. The van der Waals surface area contributed by atoms with Crippen molar-refractivity contribution in [3.63, 3.8) is 0 Å². The topological polar surface area (TPSA) is 12.5 Å². The molecule has 140 valence electrons. The lowest BCUT2D eigenvalue weighted by Crippen LogP contribution is -2.57. The van der Waals surface area contributed by atoms with Gasteiger partial charge in [-0.3, -0.25) is 4.90 Å². The first-order valence-corrected chi connectivity index (χ1v) is 10.0. The highest BCUT2D eigenvalue weighted by Gasteiger charge is 2.59. The van der Waals surface area contributed by atoms with Gasteiger partial charge in [-0.15, -0.1) is 0 Å². The van der Waals surface area contributed by atoms with Gasteiger partial charge in [-0.1, -0.05) is 59.6 Å². The number of para-hydroxylation sites is 2. The number of hydrogen-bond donors (Lipinski definition) is 0. The largest absolute Gasteiger partial charge is 0.461 e. The minimum atomic E-state index is -0.748. The number of benzene rings is 3. The highest BCUT2D eigenvalue weighted by Crippen LogP contribution is 2.58. The molecule has 0 unspecified atom stereocenters. The smallest absolute Gasteiger partial charge is 0.216 e. The van der Waals surface area contributed by atoms with Crippen LogP contribution in [0.4, 0.5) is 11.4 Å². The van der Waals surface area contributed by atoms with Crippen molar-refractivity contribution in [3.8, 4) is 5.75 Å². The lowest BCUT2D eigenvalue weighted by Gasteiger charge is -2.47. The predicted molar refractivity (Wildman–Crippen MR) is 117 cm³/mol. The van der Waals surface area contributed by atoms with Gasteiger partial charge in [0.05, 0.1) is 10.4 Å². The second kappa shape index (κ2) is 6.04. The molecule has 0 aromatic heterocycles. The Morgan fingerprint density at radius 1 is 0.893 bits per heavy atom. The van der Waals surface area contributed by atoms with E-state index in [1.54, 1.807) is 6.07 Å². The monoisotopic (exact) mass is 407 g/mol. The Morgan fingerprint density at radius 2 is 1.61 bits per heavy atom. The van der Waals surface area contributed by atoms with Gasteiger partial charge in [-0.2, -0.15) is 0 Å². The van der Waals surface area contributed by atoms with Gasteiger partial charge in [-0.05, 0) is 61.9 Å². The molecular formula is C24H19Cl2NO. The maximum atomic E-state index is 6.78. The van der Waals surface area contributed by atoms with E-state index in [1.165, 1.54) is 5.56 Å². The fourth-order valence-electron chi connectivity index (χ4n) is 4.42. The van der Waals surface area contributed by atoms with Crippen LogP contribution in [0.3, 0.4) is 0 Å². The fraction of sp³-hybridized carbons (Fsp3) is 0.167. The molecule has 0 fully saturated rings. The molecule has 0 radical (unpaired) electrons. The highest BCUT2D eigenvalue weighted by molar-refractivity contribution is 6.36. The average Bonchev–Trinajstić information content (AvgIpc) is 2.87. The van der Waals surface area contributed by atoms with E-state index in [2.05, 4.69) is 67.3 Å². The van der Waals surface area contributed by atoms with Gasteiger partial charge in [0, 0.05) is 22.0 Å². The van der Waals surface area contributed by atoms with E-state index >= 15 is 0 Å². The fourth-order valence-corrected chi connectivity index (χ4v) is 4.96. The van der Waals surface area contributed by atoms with Crippen LogP contribution in [-0.2, 0) is 5.41 Å². The summed E-state index contributed by atoms with van der Waals surface area (Å²) in [4.78, 5) is 2.27. The molecule has 28 heavy (non-hydrogen) atoms. The zero-order valence-electron chi connectivity index (χ0n) is 15.6. The van der Waals surface area contributed by atoms with Crippen molar-refractivity contribution in [1.29, 1.82) is 0 Å². The summed E-state index contributed by atoms with van der Waals surface area (Å²) in [5, 5.41) is 1.12. The minimum Gasteiger partial charge on any atom is -0.461 e. The quantitative estimate of drug-likeness (QED) is 0.421. The maximum Gasteiger partial charge on any atom is 0.216 e. The van der Waals surface area contributed by atoms with Gasteiger partial charge < -0.3 is 4.74 Å². The van der Waals surface area contributed by atoms with Gasteiger partial charge in [0.2, 0.25) is 5.72 Å². The third-order valence-electron chi connectivity index (χ3n) is 5.84. The van der Waals surface area contributed by atoms with Crippen molar-refractivity contribution < 1.29 is 4.74 Å². The Kier molecular flexibility index (Phi) is 3.81. The number of nitrogens with zero attached hydrogens (tertiary/aromatic N) is 1. The normalized spacial score (nSPS) is 21.4.